The molecule has 0 spiro atoms. The van der Waals surface area contributed by atoms with Crippen molar-refractivity contribution in [3.8, 4) is 0 Å². The Labute approximate surface area is 126 Å². The van der Waals surface area contributed by atoms with Crippen molar-refractivity contribution in [3.05, 3.63) is 57.8 Å². The Morgan fingerprint density at radius 1 is 1.20 bits per heavy atom. The van der Waals surface area contributed by atoms with E-state index in [1.165, 1.54) is 16.0 Å². The molecule has 0 saturated heterocycles. The summed E-state index contributed by atoms with van der Waals surface area (Å²) < 4.78 is 0. The zero-order valence-corrected chi connectivity index (χ0v) is 13.3. The fourth-order valence-corrected chi connectivity index (χ4v) is 3.86. The van der Waals surface area contributed by atoms with Gasteiger partial charge in [0.1, 0.15) is 0 Å². The minimum Gasteiger partial charge on any atom is -0.271 e. The first-order valence-electron chi connectivity index (χ1n) is 7.24. The topological polar surface area (TPSA) is 38.0 Å². The Balaban J connectivity index is 2.42. The first kappa shape index (κ1) is 15.2. The van der Waals surface area contributed by atoms with Crippen LogP contribution in [0, 0.1) is 12.8 Å². The average molecular weight is 288 g/mol. The highest BCUT2D eigenvalue weighted by molar-refractivity contribution is 7.10. The van der Waals surface area contributed by atoms with E-state index >= 15 is 0 Å². The first-order valence-corrected chi connectivity index (χ1v) is 8.12. The van der Waals surface area contributed by atoms with Gasteiger partial charge < -0.3 is 0 Å². The zero-order valence-electron chi connectivity index (χ0n) is 12.5. The summed E-state index contributed by atoms with van der Waals surface area (Å²) in [4.78, 5) is 1.35. The average Bonchev–Trinajstić information content (AvgIpc) is 2.90. The van der Waals surface area contributed by atoms with Gasteiger partial charge in [-0.15, -0.1) is 11.3 Å². The quantitative estimate of drug-likeness (QED) is 0.611. The molecule has 3 atom stereocenters. The van der Waals surface area contributed by atoms with Gasteiger partial charge in [-0.2, -0.15) is 0 Å². The van der Waals surface area contributed by atoms with E-state index < -0.39 is 0 Å². The van der Waals surface area contributed by atoms with Crippen molar-refractivity contribution < 1.29 is 0 Å². The number of benzene rings is 1. The van der Waals surface area contributed by atoms with Gasteiger partial charge in [0.25, 0.3) is 0 Å². The molecule has 3 unspecified atom stereocenters. The fourth-order valence-electron chi connectivity index (χ4n) is 2.82. The van der Waals surface area contributed by atoms with Crippen molar-refractivity contribution in [1.29, 1.82) is 0 Å². The third-order valence-electron chi connectivity index (χ3n) is 4.16. The molecule has 20 heavy (non-hydrogen) atoms. The lowest BCUT2D eigenvalue weighted by atomic mass is 9.79. The van der Waals surface area contributed by atoms with Crippen molar-refractivity contribution in [2.24, 2.45) is 11.8 Å². The fraction of sp³-hybridized carbons (Fsp3) is 0.412. The molecule has 0 saturated carbocycles. The van der Waals surface area contributed by atoms with E-state index in [-0.39, 0.29) is 6.04 Å². The van der Waals surface area contributed by atoms with Crippen LogP contribution in [0.2, 0.25) is 0 Å². The minimum absolute atomic E-state index is 0.173. The van der Waals surface area contributed by atoms with E-state index in [1.807, 2.05) is 0 Å². The van der Waals surface area contributed by atoms with Gasteiger partial charge >= 0.3 is 0 Å². The largest absolute Gasteiger partial charge is 0.271 e. The van der Waals surface area contributed by atoms with Crippen LogP contribution in [0.5, 0.6) is 0 Å². The monoisotopic (exact) mass is 288 g/mol. The summed E-state index contributed by atoms with van der Waals surface area (Å²) in [5.74, 6) is 6.88. The summed E-state index contributed by atoms with van der Waals surface area (Å²) in [6, 6.07) is 13.1. The smallest absolute Gasteiger partial charge is 0.0626 e. The maximum absolute atomic E-state index is 5.92. The molecular formula is C17H24N2S. The maximum atomic E-state index is 5.92. The highest BCUT2D eigenvalue weighted by atomic mass is 32.1. The summed E-state index contributed by atoms with van der Waals surface area (Å²) in [7, 11) is 0. The Morgan fingerprint density at radius 2 is 1.90 bits per heavy atom. The first-order chi connectivity index (χ1) is 9.69. The van der Waals surface area contributed by atoms with Crippen LogP contribution in [-0.4, -0.2) is 0 Å². The molecule has 0 aliphatic carbocycles. The van der Waals surface area contributed by atoms with Crippen molar-refractivity contribution in [2.75, 3.05) is 0 Å². The van der Waals surface area contributed by atoms with Crippen molar-refractivity contribution >= 4 is 11.3 Å². The third kappa shape index (κ3) is 3.11. The van der Waals surface area contributed by atoms with Gasteiger partial charge in [-0.25, -0.2) is 0 Å². The Hall–Kier alpha value is -1.16. The van der Waals surface area contributed by atoms with Crippen molar-refractivity contribution in [3.63, 3.8) is 0 Å². The van der Waals surface area contributed by atoms with Crippen LogP contribution < -0.4 is 11.3 Å². The molecular weight excluding hydrogens is 264 g/mol. The zero-order chi connectivity index (χ0) is 14.5. The summed E-state index contributed by atoms with van der Waals surface area (Å²) in [6.07, 6.45) is 1.14. The molecule has 108 valence electrons. The molecule has 1 aromatic heterocycles. The van der Waals surface area contributed by atoms with Crippen LogP contribution in [-0.2, 0) is 0 Å². The number of hydrazine groups is 1. The number of thiophene rings is 1. The lowest BCUT2D eigenvalue weighted by Gasteiger charge is -2.31. The normalized spacial score (nSPS) is 15.8. The Morgan fingerprint density at radius 3 is 2.40 bits per heavy atom. The second kappa shape index (κ2) is 7.02. The molecule has 2 nitrogen and oxygen atoms in total. The van der Waals surface area contributed by atoms with E-state index in [4.69, 9.17) is 5.84 Å². The Bertz CT molecular complexity index is 521. The molecule has 0 aliphatic heterocycles. The molecule has 3 heteroatoms. The number of rotatable bonds is 6. The second-order valence-electron chi connectivity index (χ2n) is 5.43. The molecule has 2 rings (SSSR count). The molecule has 2 aromatic rings. The molecule has 0 radical (unpaired) electrons. The third-order valence-corrected chi connectivity index (χ3v) is 5.27. The number of aryl methyl sites for hydroxylation is 1. The molecule has 0 fully saturated rings. The molecule has 1 aromatic carbocycles. The summed E-state index contributed by atoms with van der Waals surface area (Å²) >= 11 is 1.79. The van der Waals surface area contributed by atoms with Crippen LogP contribution in [0.25, 0.3) is 0 Å². The standard InChI is InChI=1S/C17H24N2S/c1-4-12(2)15(14-8-6-5-7-9-14)16(19-18)17-13(3)10-11-20-17/h5-12,15-16,19H,4,18H2,1-3H3. The van der Waals surface area contributed by atoms with Gasteiger partial charge in [-0.3, -0.25) is 11.3 Å². The van der Waals surface area contributed by atoms with Crippen LogP contribution in [0.15, 0.2) is 41.8 Å². The lowest BCUT2D eigenvalue weighted by molar-refractivity contribution is 0.346. The molecule has 0 amide bonds. The minimum atomic E-state index is 0.173. The SMILES string of the molecule is CCC(C)C(c1ccccc1)C(NN)c1sccc1C. The lowest BCUT2D eigenvalue weighted by Crippen LogP contribution is -2.34. The summed E-state index contributed by atoms with van der Waals surface area (Å²) in [5, 5.41) is 2.15. The van der Waals surface area contributed by atoms with Crippen molar-refractivity contribution in [2.45, 2.75) is 39.2 Å². The van der Waals surface area contributed by atoms with Crippen LogP contribution >= 0.6 is 11.3 Å². The van der Waals surface area contributed by atoms with E-state index in [0.717, 1.165) is 6.42 Å². The van der Waals surface area contributed by atoms with Gasteiger partial charge in [0.2, 0.25) is 0 Å². The molecule has 0 bridgehead atoms. The number of nitrogens with two attached hydrogens (primary N) is 1. The predicted octanol–water partition coefficient (Wildman–Crippen LogP) is 4.39. The van der Waals surface area contributed by atoms with Gasteiger partial charge in [-0.05, 0) is 35.4 Å². The predicted molar refractivity (Wildman–Crippen MR) is 87.8 cm³/mol. The van der Waals surface area contributed by atoms with E-state index in [2.05, 4.69) is 68.0 Å². The molecule has 3 N–H and O–H groups in total. The Kier molecular flexibility index (Phi) is 5.35. The second-order valence-corrected chi connectivity index (χ2v) is 6.38. The number of hydrogen-bond acceptors (Lipinski definition) is 3. The van der Waals surface area contributed by atoms with Crippen LogP contribution in [0.1, 0.15) is 48.2 Å². The summed E-state index contributed by atoms with van der Waals surface area (Å²) in [6.45, 7) is 6.72. The van der Waals surface area contributed by atoms with Crippen LogP contribution in [0.3, 0.4) is 0 Å². The van der Waals surface area contributed by atoms with Gasteiger partial charge in [0.15, 0.2) is 0 Å². The number of hydrogen-bond donors (Lipinski definition) is 2. The van der Waals surface area contributed by atoms with E-state index in [9.17, 15) is 0 Å². The maximum Gasteiger partial charge on any atom is 0.0626 e. The molecule has 0 aliphatic rings. The number of nitrogens with one attached hydrogen (secondary N) is 1. The summed E-state index contributed by atoms with van der Waals surface area (Å²) in [5.41, 5.74) is 5.75. The van der Waals surface area contributed by atoms with Gasteiger partial charge in [0, 0.05) is 10.8 Å². The molecule has 1 heterocycles. The highest BCUT2D eigenvalue weighted by Crippen LogP contribution is 2.40. The van der Waals surface area contributed by atoms with Gasteiger partial charge in [0.05, 0.1) is 6.04 Å². The van der Waals surface area contributed by atoms with E-state index in [1.54, 1.807) is 11.3 Å². The van der Waals surface area contributed by atoms with Gasteiger partial charge in [-0.1, -0.05) is 50.6 Å². The van der Waals surface area contributed by atoms with E-state index in [0.29, 0.717) is 11.8 Å². The van der Waals surface area contributed by atoms with Crippen molar-refractivity contribution in [1.82, 2.24) is 5.43 Å². The van der Waals surface area contributed by atoms with Crippen LogP contribution in [0.4, 0.5) is 0 Å². The highest BCUT2D eigenvalue weighted by Gasteiger charge is 2.29.